The molecule has 0 unspecified atom stereocenters. The fourth-order valence-corrected chi connectivity index (χ4v) is 3.36. The number of carbonyl (C=O) groups excluding carboxylic acids is 1. The van der Waals surface area contributed by atoms with Crippen LogP contribution in [0.3, 0.4) is 0 Å². The Bertz CT molecular complexity index is 1240. The Labute approximate surface area is 170 Å². The highest BCUT2D eigenvalue weighted by atomic mass is 35.5. The maximum Gasteiger partial charge on any atom is 0.299 e. The summed E-state index contributed by atoms with van der Waals surface area (Å²) in [6, 6.07) is 9.32. The summed E-state index contributed by atoms with van der Waals surface area (Å²) in [5.74, 6) is -0.543. The number of pyridine rings is 1. The maximum atomic E-state index is 13.2. The first kappa shape index (κ1) is 18.3. The number of nitrogen functional groups attached to an aromatic ring is 1. The van der Waals surface area contributed by atoms with Crippen LogP contribution >= 0.6 is 23.2 Å². The van der Waals surface area contributed by atoms with Gasteiger partial charge in [0.25, 0.3) is 5.91 Å². The van der Waals surface area contributed by atoms with Gasteiger partial charge < -0.3 is 5.73 Å². The lowest BCUT2D eigenvalue weighted by atomic mass is 10.1. The molecule has 0 aliphatic heterocycles. The molecule has 0 fully saturated rings. The second-order valence-electron chi connectivity index (χ2n) is 6.23. The predicted molar refractivity (Wildman–Crippen MR) is 109 cm³/mol. The van der Waals surface area contributed by atoms with E-state index in [9.17, 15) is 4.79 Å². The molecule has 0 spiro atoms. The van der Waals surface area contributed by atoms with Crippen molar-refractivity contribution in [2.75, 3.05) is 5.73 Å². The number of aromatic nitrogens is 5. The molecule has 0 bridgehead atoms. The van der Waals surface area contributed by atoms with Gasteiger partial charge >= 0.3 is 0 Å². The molecule has 3 aromatic heterocycles. The van der Waals surface area contributed by atoms with E-state index in [4.69, 9.17) is 28.9 Å². The van der Waals surface area contributed by atoms with Crippen LogP contribution in [-0.4, -0.2) is 30.6 Å². The SMILES string of the molecule is Cc1cnc(C(=O)n2nc(-c3ccccc3)c3c(Cl)nc(N)nc32)c(C)c1Cl. The van der Waals surface area contributed by atoms with Gasteiger partial charge in [0.1, 0.15) is 16.5 Å². The first-order valence-electron chi connectivity index (χ1n) is 8.32. The van der Waals surface area contributed by atoms with Gasteiger partial charge in [-0.25, -0.2) is 4.98 Å². The average Bonchev–Trinajstić information content (AvgIpc) is 3.06. The van der Waals surface area contributed by atoms with E-state index >= 15 is 0 Å². The molecular formula is C19H14Cl2N6O. The molecular weight excluding hydrogens is 399 g/mol. The Morgan fingerprint density at radius 1 is 1.11 bits per heavy atom. The van der Waals surface area contributed by atoms with E-state index in [1.54, 1.807) is 13.1 Å². The topological polar surface area (TPSA) is 99.6 Å². The fourth-order valence-electron chi connectivity index (χ4n) is 2.96. The van der Waals surface area contributed by atoms with E-state index < -0.39 is 5.91 Å². The summed E-state index contributed by atoms with van der Waals surface area (Å²) in [5.41, 5.74) is 8.72. The van der Waals surface area contributed by atoms with Crippen LogP contribution in [0.5, 0.6) is 0 Å². The van der Waals surface area contributed by atoms with E-state index in [1.165, 1.54) is 0 Å². The van der Waals surface area contributed by atoms with Gasteiger partial charge in [0.15, 0.2) is 5.65 Å². The van der Waals surface area contributed by atoms with E-state index in [-0.39, 0.29) is 22.4 Å². The number of aryl methyl sites for hydroxylation is 1. The molecule has 140 valence electrons. The van der Waals surface area contributed by atoms with Crippen molar-refractivity contribution in [3.8, 4) is 11.3 Å². The largest absolute Gasteiger partial charge is 0.368 e. The average molecular weight is 413 g/mol. The predicted octanol–water partition coefficient (Wildman–Crippen LogP) is 4.08. The molecule has 0 saturated heterocycles. The second kappa shape index (κ2) is 6.85. The summed E-state index contributed by atoms with van der Waals surface area (Å²) >= 11 is 12.6. The number of carbonyl (C=O) groups is 1. The normalized spacial score (nSPS) is 11.1. The zero-order valence-corrected chi connectivity index (χ0v) is 16.5. The summed E-state index contributed by atoms with van der Waals surface area (Å²) < 4.78 is 1.14. The standard InChI is InChI=1S/C19H14Cl2N6O/c1-9-8-23-14(10(2)13(9)20)18(28)27-17-12(16(21)24-19(22)25-17)15(26-27)11-6-4-3-5-7-11/h3-8H,1-2H3,(H2,22,24,25). The number of rotatable bonds is 2. The quantitative estimate of drug-likeness (QED) is 0.497. The Balaban J connectivity index is 2.00. The van der Waals surface area contributed by atoms with Crippen molar-refractivity contribution >= 4 is 46.1 Å². The van der Waals surface area contributed by atoms with Gasteiger partial charge in [0, 0.05) is 11.8 Å². The molecule has 0 saturated carbocycles. The number of benzene rings is 1. The van der Waals surface area contributed by atoms with Crippen LogP contribution in [0.15, 0.2) is 36.5 Å². The van der Waals surface area contributed by atoms with Crippen LogP contribution in [0.1, 0.15) is 21.6 Å². The molecule has 0 radical (unpaired) electrons. The van der Waals surface area contributed by atoms with Crippen LogP contribution in [0.4, 0.5) is 5.95 Å². The number of hydrogen-bond donors (Lipinski definition) is 1. The third-order valence-corrected chi connectivity index (χ3v) is 5.22. The van der Waals surface area contributed by atoms with Crippen molar-refractivity contribution in [1.82, 2.24) is 24.7 Å². The summed E-state index contributed by atoms with van der Waals surface area (Å²) in [5, 5.41) is 5.50. The zero-order chi connectivity index (χ0) is 20.0. The molecule has 9 heteroatoms. The van der Waals surface area contributed by atoms with Crippen LogP contribution in [-0.2, 0) is 0 Å². The molecule has 2 N–H and O–H groups in total. The molecule has 28 heavy (non-hydrogen) atoms. The first-order chi connectivity index (χ1) is 13.4. The Morgan fingerprint density at radius 2 is 1.82 bits per heavy atom. The lowest BCUT2D eigenvalue weighted by molar-refractivity contribution is 0.0944. The summed E-state index contributed by atoms with van der Waals surface area (Å²) in [6.07, 6.45) is 1.54. The number of fused-ring (bicyclic) bond motifs is 1. The van der Waals surface area contributed by atoms with Gasteiger partial charge in [-0.2, -0.15) is 14.8 Å². The van der Waals surface area contributed by atoms with Gasteiger partial charge in [-0.3, -0.25) is 9.78 Å². The van der Waals surface area contributed by atoms with Crippen molar-refractivity contribution in [2.24, 2.45) is 0 Å². The number of nitrogens with zero attached hydrogens (tertiary/aromatic N) is 5. The van der Waals surface area contributed by atoms with Gasteiger partial charge in [-0.1, -0.05) is 53.5 Å². The van der Waals surface area contributed by atoms with E-state index in [0.29, 0.717) is 21.7 Å². The molecule has 3 heterocycles. The van der Waals surface area contributed by atoms with Gasteiger partial charge in [0.05, 0.1) is 10.4 Å². The van der Waals surface area contributed by atoms with Crippen LogP contribution < -0.4 is 5.73 Å². The minimum Gasteiger partial charge on any atom is -0.368 e. The number of halogens is 2. The van der Waals surface area contributed by atoms with Crippen LogP contribution in [0.2, 0.25) is 10.2 Å². The zero-order valence-electron chi connectivity index (χ0n) is 14.9. The van der Waals surface area contributed by atoms with E-state index in [1.807, 2.05) is 37.3 Å². The minimum absolute atomic E-state index is 0.0577. The van der Waals surface area contributed by atoms with Crippen molar-refractivity contribution in [1.29, 1.82) is 0 Å². The highest BCUT2D eigenvalue weighted by Gasteiger charge is 2.25. The fraction of sp³-hybridized carbons (Fsp3) is 0.105. The Morgan fingerprint density at radius 3 is 2.54 bits per heavy atom. The molecule has 1 aromatic carbocycles. The second-order valence-corrected chi connectivity index (χ2v) is 6.97. The van der Waals surface area contributed by atoms with E-state index in [0.717, 1.165) is 15.8 Å². The Hall–Kier alpha value is -3.03. The maximum absolute atomic E-state index is 13.2. The van der Waals surface area contributed by atoms with Crippen molar-refractivity contribution in [3.63, 3.8) is 0 Å². The summed E-state index contributed by atoms with van der Waals surface area (Å²) in [4.78, 5) is 25.7. The lowest BCUT2D eigenvalue weighted by Crippen LogP contribution is -2.18. The van der Waals surface area contributed by atoms with Crippen LogP contribution in [0.25, 0.3) is 22.3 Å². The lowest BCUT2D eigenvalue weighted by Gasteiger charge is -2.08. The van der Waals surface area contributed by atoms with Crippen molar-refractivity contribution < 1.29 is 4.79 Å². The number of anilines is 1. The van der Waals surface area contributed by atoms with Gasteiger partial charge in [-0.15, -0.1) is 0 Å². The third-order valence-electron chi connectivity index (χ3n) is 4.36. The molecule has 0 aliphatic rings. The Kier molecular flexibility index (Phi) is 4.49. The molecule has 4 aromatic rings. The summed E-state index contributed by atoms with van der Waals surface area (Å²) in [7, 11) is 0. The highest BCUT2D eigenvalue weighted by Crippen LogP contribution is 2.32. The molecule has 0 amide bonds. The molecule has 7 nitrogen and oxygen atoms in total. The number of nitrogens with two attached hydrogens (primary N) is 1. The van der Waals surface area contributed by atoms with E-state index in [2.05, 4.69) is 20.1 Å². The van der Waals surface area contributed by atoms with Crippen molar-refractivity contribution in [3.05, 3.63) is 63.5 Å². The van der Waals surface area contributed by atoms with Crippen molar-refractivity contribution in [2.45, 2.75) is 13.8 Å². The number of hydrogen-bond acceptors (Lipinski definition) is 6. The van der Waals surface area contributed by atoms with Crippen LogP contribution in [0, 0.1) is 13.8 Å². The highest BCUT2D eigenvalue weighted by molar-refractivity contribution is 6.35. The molecule has 4 rings (SSSR count). The molecule has 0 atom stereocenters. The third kappa shape index (κ3) is 2.89. The van der Waals surface area contributed by atoms with Gasteiger partial charge in [0.2, 0.25) is 5.95 Å². The summed E-state index contributed by atoms with van der Waals surface area (Å²) in [6.45, 7) is 3.55. The minimum atomic E-state index is -0.485. The molecule has 0 aliphatic carbocycles. The van der Waals surface area contributed by atoms with Gasteiger partial charge in [-0.05, 0) is 25.0 Å². The monoisotopic (exact) mass is 412 g/mol. The smallest absolute Gasteiger partial charge is 0.299 e. The first-order valence-corrected chi connectivity index (χ1v) is 9.07.